The summed E-state index contributed by atoms with van der Waals surface area (Å²) in [7, 11) is 0. The van der Waals surface area contributed by atoms with Gasteiger partial charge in [0.2, 0.25) is 11.8 Å². The number of ether oxygens (including phenoxy) is 1. The number of nitrogens with zero attached hydrogens (tertiary/aromatic N) is 2. The zero-order chi connectivity index (χ0) is 17.5. The molecule has 0 aromatic rings. The molecular weight excluding hydrogens is 312 g/mol. The van der Waals surface area contributed by atoms with Crippen molar-refractivity contribution in [2.75, 3.05) is 45.9 Å². The molecule has 0 saturated carbocycles. The van der Waals surface area contributed by atoms with Gasteiger partial charge in [-0.3, -0.25) is 14.5 Å². The van der Waals surface area contributed by atoms with Crippen molar-refractivity contribution in [1.82, 2.24) is 20.4 Å². The summed E-state index contributed by atoms with van der Waals surface area (Å²) in [5.74, 6) is -0.298. The molecule has 8 heteroatoms. The predicted molar refractivity (Wildman–Crippen MR) is 88.3 cm³/mol. The lowest BCUT2D eigenvalue weighted by Crippen LogP contribution is -2.56. The summed E-state index contributed by atoms with van der Waals surface area (Å²) < 4.78 is 4.83. The molecule has 2 aliphatic rings. The van der Waals surface area contributed by atoms with E-state index in [0.29, 0.717) is 39.3 Å². The fourth-order valence-electron chi connectivity index (χ4n) is 2.71. The summed E-state index contributed by atoms with van der Waals surface area (Å²) in [6.45, 7) is 7.74. The third-order valence-corrected chi connectivity index (χ3v) is 4.10. The van der Waals surface area contributed by atoms with E-state index in [1.165, 1.54) is 5.57 Å². The highest BCUT2D eigenvalue weighted by molar-refractivity contribution is 5.88. The molecule has 8 nitrogen and oxygen atoms in total. The van der Waals surface area contributed by atoms with Crippen LogP contribution in [0, 0.1) is 0 Å². The van der Waals surface area contributed by atoms with E-state index in [2.05, 4.69) is 16.7 Å². The number of allylic oxidation sites excluding steroid dienone is 1. The summed E-state index contributed by atoms with van der Waals surface area (Å²) in [6.07, 6.45) is 1.83. The van der Waals surface area contributed by atoms with E-state index in [4.69, 9.17) is 4.74 Å². The Balaban J connectivity index is 1.79. The quantitative estimate of drug-likeness (QED) is 0.623. The molecule has 0 spiro atoms. The number of carbonyl (C=O) groups excluding carboxylic acids is 3. The molecule has 0 radical (unpaired) electrons. The van der Waals surface area contributed by atoms with Crippen LogP contribution in [0.4, 0.5) is 4.79 Å². The van der Waals surface area contributed by atoms with Crippen LogP contribution < -0.4 is 10.6 Å². The Morgan fingerprint density at radius 1 is 1.38 bits per heavy atom. The number of hydrogen-bond donors (Lipinski definition) is 2. The van der Waals surface area contributed by atoms with E-state index < -0.39 is 6.04 Å². The minimum absolute atomic E-state index is 0.110. The van der Waals surface area contributed by atoms with Crippen molar-refractivity contribution in [2.24, 2.45) is 0 Å². The molecule has 2 aliphatic heterocycles. The minimum Gasteiger partial charge on any atom is -0.448 e. The lowest BCUT2D eigenvalue weighted by atomic mass is 10.1. The second-order valence-electron chi connectivity index (χ2n) is 6.24. The van der Waals surface area contributed by atoms with Crippen molar-refractivity contribution in [3.8, 4) is 0 Å². The Hall–Kier alpha value is -2.09. The fourth-order valence-corrected chi connectivity index (χ4v) is 2.71. The van der Waals surface area contributed by atoms with Crippen LogP contribution in [0.3, 0.4) is 0 Å². The number of hydrogen-bond acceptors (Lipinski definition) is 5. The van der Waals surface area contributed by atoms with E-state index in [1.54, 1.807) is 4.90 Å². The zero-order valence-corrected chi connectivity index (χ0v) is 14.3. The van der Waals surface area contributed by atoms with Crippen LogP contribution >= 0.6 is 0 Å². The van der Waals surface area contributed by atoms with Crippen LogP contribution in [0.25, 0.3) is 0 Å². The van der Waals surface area contributed by atoms with Gasteiger partial charge in [-0.15, -0.1) is 0 Å². The number of rotatable bonds is 7. The maximum atomic E-state index is 12.1. The third-order valence-electron chi connectivity index (χ3n) is 4.10. The Labute approximate surface area is 142 Å². The summed E-state index contributed by atoms with van der Waals surface area (Å²) in [4.78, 5) is 39.1. The van der Waals surface area contributed by atoms with Gasteiger partial charge in [0.15, 0.2) is 0 Å². The van der Waals surface area contributed by atoms with Crippen LogP contribution in [0.5, 0.6) is 0 Å². The average Bonchev–Trinajstić information content (AvgIpc) is 2.93. The Morgan fingerprint density at radius 3 is 2.83 bits per heavy atom. The second kappa shape index (κ2) is 8.68. The van der Waals surface area contributed by atoms with Crippen LogP contribution in [-0.4, -0.2) is 79.6 Å². The standard InChI is InChI=1S/C16H26N4O4/c1-12(2)3-6-19-7-5-18-15(22)13(19)11-14(21)17-4-8-20-9-10-24-16(20)23/h3,13H,4-11H2,1-2H3,(H,17,21)(H,18,22). The molecule has 0 aromatic heterocycles. The van der Waals surface area contributed by atoms with Gasteiger partial charge in [0, 0.05) is 32.7 Å². The molecule has 3 amide bonds. The first kappa shape index (κ1) is 18.3. The highest BCUT2D eigenvalue weighted by Gasteiger charge is 2.31. The molecule has 2 heterocycles. The molecule has 0 aromatic carbocycles. The van der Waals surface area contributed by atoms with Crippen molar-refractivity contribution < 1.29 is 19.1 Å². The molecule has 1 atom stereocenters. The number of piperazine rings is 1. The summed E-state index contributed by atoms with van der Waals surface area (Å²) >= 11 is 0. The number of amides is 3. The van der Waals surface area contributed by atoms with Gasteiger partial charge >= 0.3 is 6.09 Å². The van der Waals surface area contributed by atoms with Gasteiger partial charge in [-0.2, -0.15) is 0 Å². The molecule has 0 aliphatic carbocycles. The zero-order valence-electron chi connectivity index (χ0n) is 14.3. The normalized spacial score (nSPS) is 21.2. The molecular formula is C16H26N4O4. The van der Waals surface area contributed by atoms with Crippen molar-refractivity contribution in [1.29, 1.82) is 0 Å². The minimum atomic E-state index is -0.453. The van der Waals surface area contributed by atoms with Gasteiger partial charge < -0.3 is 20.3 Å². The molecule has 2 rings (SSSR count). The van der Waals surface area contributed by atoms with Crippen molar-refractivity contribution in [3.63, 3.8) is 0 Å². The summed E-state index contributed by atoms with van der Waals surface area (Å²) in [5, 5.41) is 5.58. The Kier molecular flexibility index (Phi) is 6.60. The highest BCUT2D eigenvalue weighted by atomic mass is 16.6. The van der Waals surface area contributed by atoms with E-state index >= 15 is 0 Å². The lowest BCUT2D eigenvalue weighted by molar-refractivity contribution is -0.133. The van der Waals surface area contributed by atoms with Gasteiger partial charge in [0.05, 0.1) is 19.0 Å². The van der Waals surface area contributed by atoms with Crippen molar-refractivity contribution in [3.05, 3.63) is 11.6 Å². The third kappa shape index (κ3) is 5.23. The Morgan fingerprint density at radius 2 is 2.17 bits per heavy atom. The highest BCUT2D eigenvalue weighted by Crippen LogP contribution is 2.10. The topological polar surface area (TPSA) is 91.0 Å². The van der Waals surface area contributed by atoms with Gasteiger partial charge in [-0.1, -0.05) is 11.6 Å². The average molecular weight is 338 g/mol. The van der Waals surface area contributed by atoms with Crippen molar-refractivity contribution in [2.45, 2.75) is 26.3 Å². The van der Waals surface area contributed by atoms with E-state index in [-0.39, 0.29) is 24.3 Å². The molecule has 134 valence electrons. The molecule has 1 unspecified atom stereocenters. The second-order valence-corrected chi connectivity index (χ2v) is 6.24. The number of carbonyl (C=O) groups is 3. The number of cyclic esters (lactones) is 1. The van der Waals surface area contributed by atoms with Crippen molar-refractivity contribution >= 4 is 17.9 Å². The lowest BCUT2D eigenvalue weighted by Gasteiger charge is -2.34. The first-order valence-electron chi connectivity index (χ1n) is 8.31. The molecule has 2 N–H and O–H groups in total. The Bertz CT molecular complexity index is 516. The monoisotopic (exact) mass is 338 g/mol. The largest absolute Gasteiger partial charge is 0.448 e. The van der Waals surface area contributed by atoms with Crippen LogP contribution in [0.2, 0.25) is 0 Å². The van der Waals surface area contributed by atoms with Crippen LogP contribution in [-0.2, 0) is 14.3 Å². The van der Waals surface area contributed by atoms with Gasteiger partial charge in [0.1, 0.15) is 6.61 Å². The molecule has 24 heavy (non-hydrogen) atoms. The van der Waals surface area contributed by atoms with Crippen LogP contribution in [0.15, 0.2) is 11.6 Å². The molecule has 0 bridgehead atoms. The SMILES string of the molecule is CC(C)=CCN1CCNC(=O)C1CC(=O)NCCN1CCOC1=O. The maximum absolute atomic E-state index is 12.1. The number of nitrogens with one attached hydrogen (secondary N) is 2. The summed E-state index contributed by atoms with van der Waals surface area (Å²) in [5.41, 5.74) is 1.18. The first-order chi connectivity index (χ1) is 11.5. The van der Waals surface area contributed by atoms with E-state index in [9.17, 15) is 14.4 Å². The summed E-state index contributed by atoms with van der Waals surface area (Å²) in [6, 6.07) is -0.453. The van der Waals surface area contributed by atoms with E-state index in [0.717, 1.165) is 6.54 Å². The van der Waals surface area contributed by atoms with Gasteiger partial charge in [-0.05, 0) is 13.8 Å². The van der Waals surface area contributed by atoms with Gasteiger partial charge in [0.25, 0.3) is 0 Å². The first-order valence-corrected chi connectivity index (χ1v) is 8.31. The maximum Gasteiger partial charge on any atom is 0.409 e. The predicted octanol–water partition coefficient (Wildman–Crippen LogP) is -0.288. The van der Waals surface area contributed by atoms with E-state index in [1.807, 2.05) is 18.7 Å². The smallest absolute Gasteiger partial charge is 0.409 e. The fraction of sp³-hybridized carbons (Fsp3) is 0.688. The molecule has 2 fully saturated rings. The van der Waals surface area contributed by atoms with Crippen LogP contribution in [0.1, 0.15) is 20.3 Å². The molecule has 2 saturated heterocycles. The van der Waals surface area contributed by atoms with Gasteiger partial charge in [-0.25, -0.2) is 4.79 Å².